The van der Waals surface area contributed by atoms with Gasteiger partial charge < -0.3 is 18.9 Å². The largest absolute Gasteiger partial charge is 0.486 e. The molecule has 0 radical (unpaired) electrons. The Morgan fingerprint density at radius 2 is 1.88 bits per heavy atom. The van der Waals surface area contributed by atoms with Gasteiger partial charge in [0.1, 0.15) is 13.2 Å². The maximum absolute atomic E-state index is 12.5. The van der Waals surface area contributed by atoms with Gasteiger partial charge in [-0.15, -0.1) is 0 Å². The number of fused-ring (bicyclic) bond motifs is 2. The van der Waals surface area contributed by atoms with Gasteiger partial charge in [0.15, 0.2) is 11.5 Å². The lowest BCUT2D eigenvalue weighted by molar-refractivity contribution is -0.130. The van der Waals surface area contributed by atoms with E-state index in [-0.39, 0.29) is 5.91 Å². The lowest BCUT2D eigenvalue weighted by atomic mass is 10.2. The van der Waals surface area contributed by atoms with Gasteiger partial charge in [0.2, 0.25) is 5.91 Å². The molecule has 1 amide bonds. The molecule has 0 N–H and O–H groups in total. The van der Waals surface area contributed by atoms with Gasteiger partial charge >= 0.3 is 0 Å². The molecule has 0 unspecified atom stereocenters. The summed E-state index contributed by atoms with van der Waals surface area (Å²) in [6, 6.07) is 16.1. The number of aromatic nitrogens is 1. The molecule has 2 aromatic carbocycles. The molecule has 5 nitrogen and oxygen atoms in total. The van der Waals surface area contributed by atoms with Crippen LogP contribution in [0.3, 0.4) is 0 Å². The Kier molecular flexibility index (Phi) is 4.52. The number of carbonyl (C=O) groups excluding carboxylic acids is 1. The molecule has 0 bridgehead atoms. The number of rotatable bonds is 5. The van der Waals surface area contributed by atoms with Gasteiger partial charge in [0.25, 0.3) is 0 Å². The number of amides is 1. The number of nitrogens with zero attached hydrogens (tertiary/aromatic N) is 2. The van der Waals surface area contributed by atoms with Crippen molar-refractivity contribution in [3.63, 3.8) is 0 Å². The minimum Gasteiger partial charge on any atom is -0.486 e. The Hall–Kier alpha value is -2.95. The van der Waals surface area contributed by atoms with Crippen LogP contribution < -0.4 is 9.47 Å². The highest BCUT2D eigenvalue weighted by Gasteiger charge is 2.14. The monoisotopic (exact) mass is 350 g/mol. The fourth-order valence-corrected chi connectivity index (χ4v) is 3.29. The molecule has 1 aliphatic heterocycles. The number of hydrogen-bond acceptors (Lipinski definition) is 3. The van der Waals surface area contributed by atoms with Gasteiger partial charge in [-0.3, -0.25) is 4.79 Å². The van der Waals surface area contributed by atoms with Crippen LogP contribution in [0.2, 0.25) is 0 Å². The Bertz CT molecular complexity index is 932. The lowest BCUT2D eigenvalue weighted by Gasteiger charge is -2.21. The summed E-state index contributed by atoms with van der Waals surface area (Å²) in [4.78, 5) is 14.3. The van der Waals surface area contributed by atoms with E-state index in [2.05, 4.69) is 22.8 Å². The Morgan fingerprint density at radius 1 is 1.08 bits per heavy atom. The summed E-state index contributed by atoms with van der Waals surface area (Å²) >= 11 is 0. The van der Waals surface area contributed by atoms with Crippen LogP contribution >= 0.6 is 0 Å². The lowest BCUT2D eigenvalue weighted by Crippen LogP contribution is -2.27. The van der Waals surface area contributed by atoms with E-state index >= 15 is 0 Å². The van der Waals surface area contributed by atoms with Gasteiger partial charge in [-0.05, 0) is 35.2 Å². The normalized spacial score (nSPS) is 13.0. The third-order valence-corrected chi connectivity index (χ3v) is 4.70. The van der Waals surface area contributed by atoms with Crippen molar-refractivity contribution >= 4 is 16.8 Å². The number of ether oxygens (including phenoxy) is 2. The van der Waals surface area contributed by atoms with Crippen LogP contribution in [0.4, 0.5) is 0 Å². The van der Waals surface area contributed by atoms with Crippen molar-refractivity contribution in [2.45, 2.75) is 19.5 Å². The molecule has 3 aromatic rings. The predicted octanol–water partition coefficient (Wildman–Crippen LogP) is 3.46. The topological polar surface area (TPSA) is 43.7 Å². The summed E-state index contributed by atoms with van der Waals surface area (Å²) in [5.74, 6) is 1.65. The quantitative estimate of drug-likeness (QED) is 0.708. The van der Waals surface area contributed by atoms with Gasteiger partial charge in [-0.25, -0.2) is 0 Å². The molecular formula is C21H22N2O3. The zero-order valence-corrected chi connectivity index (χ0v) is 14.9. The van der Waals surface area contributed by atoms with Crippen molar-refractivity contribution in [3.05, 3.63) is 60.3 Å². The first-order valence-corrected chi connectivity index (χ1v) is 8.87. The zero-order valence-electron chi connectivity index (χ0n) is 14.9. The molecule has 2 heterocycles. The van der Waals surface area contributed by atoms with Crippen molar-refractivity contribution in [2.24, 2.45) is 0 Å². The van der Waals surface area contributed by atoms with E-state index in [1.54, 1.807) is 4.90 Å². The van der Waals surface area contributed by atoms with E-state index in [1.807, 2.05) is 43.6 Å². The third-order valence-electron chi connectivity index (χ3n) is 4.70. The van der Waals surface area contributed by atoms with E-state index in [0.717, 1.165) is 22.6 Å². The molecule has 1 aliphatic rings. The minimum atomic E-state index is 0.123. The van der Waals surface area contributed by atoms with Gasteiger partial charge in [0.05, 0.1) is 0 Å². The highest BCUT2D eigenvalue weighted by molar-refractivity contribution is 5.80. The standard InChI is InChI=1S/C21H22N2O3/c1-22(15-16-6-7-19-20(14-16)26-13-12-25-19)21(24)9-11-23-10-8-17-4-2-3-5-18(17)23/h2-8,10,14H,9,11-13,15H2,1H3. The van der Waals surface area contributed by atoms with E-state index in [4.69, 9.17) is 9.47 Å². The van der Waals surface area contributed by atoms with Crippen molar-refractivity contribution in [1.82, 2.24) is 9.47 Å². The van der Waals surface area contributed by atoms with Crippen molar-refractivity contribution in [1.29, 1.82) is 0 Å². The highest BCUT2D eigenvalue weighted by Crippen LogP contribution is 2.31. The van der Waals surface area contributed by atoms with Crippen LogP contribution in [0, 0.1) is 0 Å². The summed E-state index contributed by atoms with van der Waals surface area (Å²) in [7, 11) is 1.84. The second-order valence-corrected chi connectivity index (χ2v) is 6.55. The highest BCUT2D eigenvalue weighted by atomic mass is 16.6. The molecule has 0 saturated heterocycles. The summed E-state index contributed by atoms with van der Waals surface area (Å²) < 4.78 is 13.3. The molecule has 0 aliphatic carbocycles. The summed E-state index contributed by atoms with van der Waals surface area (Å²) in [5, 5.41) is 1.20. The Labute approximate surface area is 152 Å². The second-order valence-electron chi connectivity index (χ2n) is 6.55. The Morgan fingerprint density at radius 3 is 2.77 bits per heavy atom. The first-order chi connectivity index (χ1) is 12.7. The molecule has 134 valence electrons. The summed E-state index contributed by atoms with van der Waals surface area (Å²) in [6.07, 6.45) is 2.51. The molecule has 0 fully saturated rings. The summed E-state index contributed by atoms with van der Waals surface area (Å²) in [6.45, 7) is 2.38. The second kappa shape index (κ2) is 7.12. The van der Waals surface area contributed by atoms with Crippen molar-refractivity contribution in [2.75, 3.05) is 20.3 Å². The Balaban J connectivity index is 1.37. The van der Waals surface area contributed by atoms with Crippen molar-refractivity contribution in [3.8, 4) is 11.5 Å². The number of hydrogen-bond donors (Lipinski definition) is 0. The van der Waals surface area contributed by atoms with Gasteiger partial charge in [-0.1, -0.05) is 24.3 Å². The number of para-hydroxylation sites is 1. The average molecular weight is 350 g/mol. The molecule has 4 rings (SSSR count). The van der Waals surface area contributed by atoms with E-state index in [0.29, 0.717) is 32.7 Å². The number of carbonyl (C=O) groups is 1. The van der Waals surface area contributed by atoms with E-state index in [1.165, 1.54) is 5.39 Å². The number of benzene rings is 2. The molecule has 0 saturated carbocycles. The molecular weight excluding hydrogens is 328 g/mol. The van der Waals surface area contributed by atoms with Crippen LogP contribution in [-0.4, -0.2) is 35.6 Å². The number of aryl methyl sites for hydroxylation is 1. The summed E-state index contributed by atoms with van der Waals surface area (Å²) in [5.41, 5.74) is 2.20. The van der Waals surface area contributed by atoms with Crippen LogP contribution in [0.15, 0.2) is 54.7 Å². The molecule has 26 heavy (non-hydrogen) atoms. The van der Waals surface area contributed by atoms with Crippen molar-refractivity contribution < 1.29 is 14.3 Å². The molecule has 1 aromatic heterocycles. The van der Waals surface area contributed by atoms with Gasteiger partial charge in [-0.2, -0.15) is 0 Å². The maximum Gasteiger partial charge on any atom is 0.224 e. The van der Waals surface area contributed by atoms with Crippen LogP contribution in [0.25, 0.3) is 10.9 Å². The molecule has 0 atom stereocenters. The smallest absolute Gasteiger partial charge is 0.224 e. The fourth-order valence-electron chi connectivity index (χ4n) is 3.29. The van der Waals surface area contributed by atoms with E-state index < -0.39 is 0 Å². The molecule has 5 heteroatoms. The minimum absolute atomic E-state index is 0.123. The predicted molar refractivity (Wildman–Crippen MR) is 100 cm³/mol. The zero-order chi connectivity index (χ0) is 17.9. The van der Waals surface area contributed by atoms with Crippen LogP contribution in [-0.2, 0) is 17.9 Å². The van der Waals surface area contributed by atoms with Gasteiger partial charge in [0, 0.05) is 38.3 Å². The maximum atomic E-state index is 12.5. The first kappa shape index (κ1) is 16.5. The average Bonchev–Trinajstić information content (AvgIpc) is 3.09. The van der Waals surface area contributed by atoms with E-state index in [9.17, 15) is 4.79 Å². The molecule has 0 spiro atoms. The first-order valence-electron chi connectivity index (χ1n) is 8.87. The third kappa shape index (κ3) is 3.38. The van der Waals surface area contributed by atoms with Crippen LogP contribution in [0.1, 0.15) is 12.0 Å². The van der Waals surface area contributed by atoms with Crippen LogP contribution in [0.5, 0.6) is 11.5 Å². The SMILES string of the molecule is CN(Cc1ccc2c(c1)OCCO2)C(=O)CCn1ccc2ccccc21. The fraction of sp³-hybridized carbons (Fsp3) is 0.286.